The number of methoxy groups -OCH3 is 1. The van der Waals surface area contributed by atoms with Gasteiger partial charge in [-0.2, -0.15) is 19.7 Å². The highest BCUT2D eigenvalue weighted by atomic mass is 32.2. The molecule has 32 heavy (non-hydrogen) atoms. The maximum Gasteiger partial charge on any atom is 0.406 e. The number of rotatable bonds is 6. The average Bonchev–Trinajstić information content (AvgIpc) is 3.15. The zero-order valence-electron chi connectivity index (χ0n) is 17.1. The molecule has 0 saturated carbocycles. The van der Waals surface area contributed by atoms with E-state index in [9.17, 15) is 9.18 Å². The van der Waals surface area contributed by atoms with Crippen molar-refractivity contribution in [2.24, 2.45) is 0 Å². The Morgan fingerprint density at radius 2 is 1.81 bits per heavy atom. The largest absolute Gasteiger partial charge is 0.453 e. The van der Waals surface area contributed by atoms with Crippen molar-refractivity contribution in [3.63, 3.8) is 0 Å². The summed E-state index contributed by atoms with van der Waals surface area (Å²) in [6.45, 7) is 0.262. The van der Waals surface area contributed by atoms with E-state index in [-0.39, 0.29) is 29.9 Å². The highest BCUT2D eigenvalue weighted by Crippen LogP contribution is 2.35. The second kappa shape index (κ2) is 9.10. The molecule has 0 aliphatic heterocycles. The van der Waals surface area contributed by atoms with Gasteiger partial charge in [-0.25, -0.2) is 9.18 Å². The van der Waals surface area contributed by atoms with Gasteiger partial charge in [0.2, 0.25) is 0 Å². The number of nitrogens with one attached hydrogen (secondary N) is 1. The average molecular weight is 454 g/mol. The number of halogens is 1. The maximum absolute atomic E-state index is 14.2. The van der Waals surface area contributed by atoms with Gasteiger partial charge in [-0.3, -0.25) is 0 Å². The number of carbonyl (C=O) groups excluding carboxylic acids is 1. The summed E-state index contributed by atoms with van der Waals surface area (Å²) in [6, 6.07) is 14.0. The lowest BCUT2D eigenvalue weighted by Crippen LogP contribution is -2.26. The van der Waals surface area contributed by atoms with Crippen LogP contribution in [-0.2, 0) is 11.2 Å². The number of alkyl carbamates (subject to hydrolysis) is 1. The molecule has 11 heteroatoms. The first-order chi connectivity index (χ1) is 15.5. The molecule has 1 amide bonds. The summed E-state index contributed by atoms with van der Waals surface area (Å²) in [5.74, 6) is 0.233. The fourth-order valence-electron chi connectivity index (χ4n) is 3.12. The quantitative estimate of drug-likeness (QED) is 0.405. The van der Waals surface area contributed by atoms with Crippen LogP contribution in [0.4, 0.5) is 20.8 Å². The molecular formula is C21H20FN7O2S. The predicted molar refractivity (Wildman–Crippen MR) is 120 cm³/mol. The summed E-state index contributed by atoms with van der Waals surface area (Å²) in [6.07, 6.45) is -0.219. The standard InChI is InChI=1S/C21H20FN7O2S/c1-31-21(30)25-11-10-13-17(23)26-20(27-18(13)24)29-15-8-4-2-6-12(15)19(28-29)32-16-9-5-3-7-14(16)22/h2-9H,10-11H2,1H3,(H,25,30)(H4,23,24,26,27). The lowest BCUT2D eigenvalue weighted by Gasteiger charge is -2.11. The van der Waals surface area contributed by atoms with E-state index in [1.54, 1.807) is 18.2 Å². The number of hydrogen-bond donors (Lipinski definition) is 3. The fraction of sp³-hybridized carbons (Fsp3) is 0.143. The summed E-state index contributed by atoms with van der Waals surface area (Å²) >= 11 is 1.21. The van der Waals surface area contributed by atoms with Gasteiger partial charge in [0, 0.05) is 22.4 Å². The van der Waals surface area contributed by atoms with Crippen molar-refractivity contribution < 1.29 is 13.9 Å². The number of nitrogen functional groups attached to an aromatic ring is 2. The molecule has 4 aromatic rings. The Morgan fingerprint density at radius 3 is 2.53 bits per heavy atom. The van der Waals surface area contributed by atoms with Gasteiger partial charge < -0.3 is 21.5 Å². The number of amides is 1. The van der Waals surface area contributed by atoms with Gasteiger partial charge in [0.05, 0.1) is 12.6 Å². The normalized spacial score (nSPS) is 10.9. The van der Waals surface area contributed by atoms with E-state index in [0.717, 1.165) is 10.9 Å². The molecular weight excluding hydrogens is 433 g/mol. The third-order valence-corrected chi connectivity index (χ3v) is 5.72. The highest BCUT2D eigenvalue weighted by Gasteiger charge is 2.18. The van der Waals surface area contributed by atoms with Crippen molar-refractivity contribution in [2.45, 2.75) is 16.3 Å². The van der Waals surface area contributed by atoms with E-state index >= 15 is 0 Å². The van der Waals surface area contributed by atoms with Crippen LogP contribution >= 0.6 is 11.8 Å². The number of nitrogens with zero attached hydrogens (tertiary/aromatic N) is 4. The Labute approximate surface area is 187 Å². The molecule has 0 unspecified atom stereocenters. The minimum absolute atomic E-state index is 0.182. The number of fused-ring (bicyclic) bond motifs is 1. The first-order valence-electron chi connectivity index (χ1n) is 9.62. The van der Waals surface area contributed by atoms with Gasteiger partial charge in [-0.1, -0.05) is 42.1 Å². The maximum atomic E-state index is 14.2. The van der Waals surface area contributed by atoms with Crippen LogP contribution < -0.4 is 16.8 Å². The van der Waals surface area contributed by atoms with Gasteiger partial charge in [-0.15, -0.1) is 0 Å². The molecule has 0 aliphatic carbocycles. The summed E-state index contributed by atoms with van der Waals surface area (Å²) in [4.78, 5) is 20.4. The van der Waals surface area contributed by atoms with Crippen LogP contribution in [0.3, 0.4) is 0 Å². The minimum Gasteiger partial charge on any atom is -0.453 e. The molecule has 5 N–H and O–H groups in total. The van der Waals surface area contributed by atoms with E-state index in [4.69, 9.17) is 11.5 Å². The van der Waals surface area contributed by atoms with E-state index in [0.29, 0.717) is 21.9 Å². The van der Waals surface area contributed by atoms with Crippen molar-refractivity contribution in [1.29, 1.82) is 0 Å². The van der Waals surface area contributed by atoms with Crippen LogP contribution in [0.1, 0.15) is 5.56 Å². The number of hydrogen-bond acceptors (Lipinski definition) is 8. The number of nitrogens with two attached hydrogens (primary N) is 2. The molecule has 0 spiro atoms. The molecule has 4 rings (SSSR count). The third kappa shape index (κ3) is 4.28. The van der Waals surface area contributed by atoms with Crippen molar-refractivity contribution in [1.82, 2.24) is 25.1 Å². The summed E-state index contributed by atoms with van der Waals surface area (Å²) in [7, 11) is 1.28. The minimum atomic E-state index is -0.553. The van der Waals surface area contributed by atoms with Gasteiger partial charge in [0.1, 0.15) is 22.5 Å². The lowest BCUT2D eigenvalue weighted by atomic mass is 10.2. The van der Waals surface area contributed by atoms with E-state index in [1.165, 1.54) is 29.6 Å². The van der Waals surface area contributed by atoms with Crippen LogP contribution in [0, 0.1) is 5.82 Å². The zero-order valence-corrected chi connectivity index (χ0v) is 17.9. The lowest BCUT2D eigenvalue weighted by molar-refractivity contribution is 0.171. The van der Waals surface area contributed by atoms with Crippen molar-refractivity contribution in [3.8, 4) is 5.95 Å². The molecule has 0 bridgehead atoms. The first-order valence-corrected chi connectivity index (χ1v) is 10.4. The van der Waals surface area contributed by atoms with E-state index in [1.807, 2.05) is 24.3 Å². The van der Waals surface area contributed by atoms with Crippen molar-refractivity contribution >= 4 is 40.4 Å². The molecule has 0 atom stereocenters. The molecule has 9 nitrogen and oxygen atoms in total. The van der Waals surface area contributed by atoms with Crippen LogP contribution in [0.15, 0.2) is 58.5 Å². The zero-order chi connectivity index (χ0) is 22.7. The molecule has 0 radical (unpaired) electrons. The number of aromatic nitrogens is 4. The molecule has 2 heterocycles. The third-order valence-electron chi connectivity index (χ3n) is 4.68. The van der Waals surface area contributed by atoms with E-state index in [2.05, 4.69) is 25.1 Å². The Kier molecular flexibility index (Phi) is 6.08. The molecule has 0 fully saturated rings. The summed E-state index contributed by atoms with van der Waals surface area (Å²) < 4.78 is 20.2. The monoisotopic (exact) mass is 453 g/mol. The van der Waals surface area contributed by atoms with Crippen molar-refractivity contribution in [3.05, 3.63) is 59.9 Å². The van der Waals surface area contributed by atoms with E-state index < -0.39 is 6.09 Å². The number of benzene rings is 2. The number of carbonyl (C=O) groups is 1. The SMILES string of the molecule is COC(=O)NCCc1c(N)nc(-n2nc(Sc3ccccc3F)c3ccccc32)nc1N. The molecule has 164 valence electrons. The number of para-hydroxylation sites is 1. The second-order valence-corrected chi connectivity index (χ2v) is 7.74. The Balaban J connectivity index is 1.69. The van der Waals surface area contributed by atoms with Crippen molar-refractivity contribution in [2.75, 3.05) is 25.1 Å². The van der Waals surface area contributed by atoms with Crippen LogP contribution in [0.2, 0.25) is 0 Å². The number of ether oxygens (including phenoxy) is 1. The Bertz CT molecular complexity index is 1270. The van der Waals surface area contributed by atoms with Gasteiger partial charge in [-0.05, 0) is 24.6 Å². The Hall–Kier alpha value is -3.86. The van der Waals surface area contributed by atoms with Gasteiger partial charge in [0.25, 0.3) is 5.95 Å². The number of anilines is 2. The molecule has 0 aliphatic rings. The smallest absolute Gasteiger partial charge is 0.406 e. The topological polar surface area (TPSA) is 134 Å². The fourth-order valence-corrected chi connectivity index (χ4v) is 4.04. The molecule has 2 aromatic carbocycles. The van der Waals surface area contributed by atoms with Crippen LogP contribution in [-0.4, -0.2) is 39.5 Å². The summed E-state index contributed by atoms with van der Waals surface area (Å²) in [5, 5.41) is 8.57. The van der Waals surface area contributed by atoms with Gasteiger partial charge >= 0.3 is 6.09 Å². The Morgan fingerprint density at radius 1 is 1.12 bits per heavy atom. The van der Waals surface area contributed by atoms with Crippen LogP contribution in [0.5, 0.6) is 0 Å². The van der Waals surface area contributed by atoms with Crippen LogP contribution in [0.25, 0.3) is 16.9 Å². The highest BCUT2D eigenvalue weighted by molar-refractivity contribution is 7.99. The molecule has 0 saturated heterocycles. The first kappa shape index (κ1) is 21.4. The molecule has 2 aromatic heterocycles. The predicted octanol–water partition coefficient (Wildman–Crippen LogP) is 3.17. The second-order valence-electron chi connectivity index (χ2n) is 6.71. The van der Waals surface area contributed by atoms with Gasteiger partial charge in [0.15, 0.2) is 0 Å². The summed E-state index contributed by atoms with van der Waals surface area (Å²) in [5.41, 5.74) is 13.5.